The average Bonchev–Trinajstić information content (AvgIpc) is 3.34. The van der Waals surface area contributed by atoms with E-state index in [-0.39, 0.29) is 0 Å². The lowest BCUT2D eigenvalue weighted by atomic mass is 10.2. The van der Waals surface area contributed by atoms with Gasteiger partial charge in [-0.05, 0) is 26.3 Å². The van der Waals surface area contributed by atoms with Gasteiger partial charge in [-0.1, -0.05) is 6.92 Å². The molecule has 2 aromatic heterocycles. The maximum absolute atomic E-state index is 4.95. The summed E-state index contributed by atoms with van der Waals surface area (Å²) in [6, 6.07) is 0. The van der Waals surface area contributed by atoms with Crippen molar-refractivity contribution in [3.05, 3.63) is 11.5 Å². The number of aryl methyl sites for hydroxylation is 2. The minimum absolute atomic E-state index is 0.569. The molecule has 6 heteroatoms. The van der Waals surface area contributed by atoms with E-state index in [4.69, 9.17) is 9.97 Å². The first kappa shape index (κ1) is 13.9. The molecule has 0 atom stereocenters. The molecule has 1 aliphatic carbocycles. The highest BCUT2D eigenvalue weighted by atomic mass is 15.3. The van der Waals surface area contributed by atoms with Crippen molar-refractivity contribution in [1.29, 1.82) is 0 Å². The van der Waals surface area contributed by atoms with Crippen LogP contribution < -0.4 is 4.90 Å². The minimum atomic E-state index is 0.569. The Morgan fingerprint density at radius 2 is 1.82 bits per heavy atom. The molecule has 0 aromatic carbocycles. The second kappa shape index (κ2) is 5.19. The molecule has 2 aliphatic rings. The number of nitrogens with zero attached hydrogens (tertiary/aromatic N) is 6. The zero-order valence-electron chi connectivity index (χ0n) is 13.7. The van der Waals surface area contributed by atoms with E-state index in [0.717, 1.165) is 61.1 Å². The SMILES string of the molecule is CCN1CCN(c2nc(C3CC3)nc3c(C)nn(C)c23)CC1. The summed E-state index contributed by atoms with van der Waals surface area (Å²) in [5.74, 6) is 2.68. The molecule has 1 aliphatic heterocycles. The van der Waals surface area contributed by atoms with Crippen LogP contribution in [0.5, 0.6) is 0 Å². The van der Waals surface area contributed by atoms with E-state index >= 15 is 0 Å². The first-order valence-corrected chi connectivity index (χ1v) is 8.36. The smallest absolute Gasteiger partial charge is 0.158 e. The zero-order valence-corrected chi connectivity index (χ0v) is 13.7. The normalized spacial score (nSPS) is 20.0. The summed E-state index contributed by atoms with van der Waals surface area (Å²) < 4.78 is 1.95. The van der Waals surface area contributed by atoms with Gasteiger partial charge < -0.3 is 9.80 Å². The highest BCUT2D eigenvalue weighted by Gasteiger charge is 2.30. The summed E-state index contributed by atoms with van der Waals surface area (Å²) in [5, 5.41) is 4.57. The van der Waals surface area contributed by atoms with Crippen molar-refractivity contribution in [2.75, 3.05) is 37.6 Å². The van der Waals surface area contributed by atoms with Crippen LogP contribution in [0.15, 0.2) is 0 Å². The highest BCUT2D eigenvalue weighted by molar-refractivity contribution is 5.88. The molecule has 0 spiro atoms. The molecule has 1 saturated carbocycles. The van der Waals surface area contributed by atoms with Crippen LogP contribution in [-0.4, -0.2) is 57.4 Å². The Labute approximate surface area is 131 Å². The quantitative estimate of drug-likeness (QED) is 0.863. The van der Waals surface area contributed by atoms with Crippen LogP contribution >= 0.6 is 0 Å². The van der Waals surface area contributed by atoms with Gasteiger partial charge in [0, 0.05) is 39.1 Å². The predicted octanol–water partition coefficient (Wildman–Crippen LogP) is 1.69. The third-order valence-corrected chi connectivity index (χ3v) is 4.91. The van der Waals surface area contributed by atoms with Gasteiger partial charge in [-0.15, -0.1) is 0 Å². The Kier molecular flexibility index (Phi) is 3.29. The van der Waals surface area contributed by atoms with E-state index in [9.17, 15) is 0 Å². The van der Waals surface area contributed by atoms with Gasteiger partial charge in [0.15, 0.2) is 5.82 Å². The van der Waals surface area contributed by atoms with Gasteiger partial charge in [0.1, 0.15) is 16.9 Å². The van der Waals surface area contributed by atoms with E-state index in [2.05, 4.69) is 21.8 Å². The van der Waals surface area contributed by atoms with Gasteiger partial charge in [-0.25, -0.2) is 9.97 Å². The van der Waals surface area contributed by atoms with Crippen molar-refractivity contribution >= 4 is 16.9 Å². The van der Waals surface area contributed by atoms with Gasteiger partial charge in [-0.3, -0.25) is 4.68 Å². The number of aromatic nitrogens is 4. The van der Waals surface area contributed by atoms with Crippen molar-refractivity contribution in [3.8, 4) is 0 Å². The number of hydrogen-bond donors (Lipinski definition) is 0. The summed E-state index contributed by atoms with van der Waals surface area (Å²) in [5.41, 5.74) is 3.13. The largest absolute Gasteiger partial charge is 0.352 e. The molecule has 2 aromatic rings. The van der Waals surface area contributed by atoms with Crippen molar-refractivity contribution in [2.45, 2.75) is 32.6 Å². The Bertz CT molecular complexity index is 694. The van der Waals surface area contributed by atoms with Crippen LogP contribution in [0, 0.1) is 6.92 Å². The van der Waals surface area contributed by atoms with Gasteiger partial charge in [0.2, 0.25) is 0 Å². The Balaban J connectivity index is 1.78. The average molecular weight is 300 g/mol. The molecule has 6 nitrogen and oxygen atoms in total. The fraction of sp³-hybridized carbons (Fsp3) is 0.688. The van der Waals surface area contributed by atoms with E-state index in [1.807, 2.05) is 18.7 Å². The molecule has 0 amide bonds. The molecule has 0 N–H and O–H groups in total. The third-order valence-electron chi connectivity index (χ3n) is 4.91. The molecule has 0 radical (unpaired) electrons. The first-order chi connectivity index (χ1) is 10.7. The monoisotopic (exact) mass is 300 g/mol. The van der Waals surface area contributed by atoms with E-state index in [1.165, 1.54) is 12.8 Å². The molecule has 1 saturated heterocycles. The fourth-order valence-electron chi connectivity index (χ4n) is 3.35. The molecule has 0 bridgehead atoms. The van der Waals surface area contributed by atoms with Crippen LogP contribution in [0.2, 0.25) is 0 Å². The topological polar surface area (TPSA) is 50.1 Å². The van der Waals surface area contributed by atoms with Gasteiger partial charge in [-0.2, -0.15) is 5.10 Å². The minimum Gasteiger partial charge on any atom is -0.352 e. The lowest BCUT2D eigenvalue weighted by Crippen LogP contribution is -2.46. The van der Waals surface area contributed by atoms with Crippen molar-refractivity contribution in [2.24, 2.45) is 7.05 Å². The summed E-state index contributed by atoms with van der Waals surface area (Å²) in [7, 11) is 2.00. The van der Waals surface area contributed by atoms with Crippen LogP contribution in [0.3, 0.4) is 0 Å². The second-order valence-corrected chi connectivity index (χ2v) is 6.51. The summed E-state index contributed by atoms with van der Waals surface area (Å²) in [4.78, 5) is 14.7. The summed E-state index contributed by atoms with van der Waals surface area (Å²) in [6.45, 7) is 9.70. The van der Waals surface area contributed by atoms with Crippen LogP contribution in [0.4, 0.5) is 5.82 Å². The summed E-state index contributed by atoms with van der Waals surface area (Å²) >= 11 is 0. The third kappa shape index (κ3) is 2.26. The molecule has 0 unspecified atom stereocenters. The fourth-order valence-corrected chi connectivity index (χ4v) is 3.35. The number of anilines is 1. The van der Waals surface area contributed by atoms with E-state index < -0.39 is 0 Å². The molecular formula is C16H24N6. The number of hydrogen-bond acceptors (Lipinski definition) is 5. The van der Waals surface area contributed by atoms with Gasteiger partial charge >= 0.3 is 0 Å². The number of likely N-dealkylation sites (N-methyl/N-ethyl adjacent to an activating group) is 1. The maximum atomic E-state index is 4.95. The summed E-state index contributed by atoms with van der Waals surface area (Å²) in [6.07, 6.45) is 2.46. The van der Waals surface area contributed by atoms with Crippen molar-refractivity contribution in [3.63, 3.8) is 0 Å². The molecule has 22 heavy (non-hydrogen) atoms. The lowest BCUT2D eigenvalue weighted by molar-refractivity contribution is 0.270. The number of piperazine rings is 1. The van der Waals surface area contributed by atoms with E-state index in [1.54, 1.807) is 0 Å². The van der Waals surface area contributed by atoms with E-state index in [0.29, 0.717) is 5.92 Å². The predicted molar refractivity (Wildman–Crippen MR) is 87.3 cm³/mol. The second-order valence-electron chi connectivity index (χ2n) is 6.51. The Morgan fingerprint density at radius 3 is 2.45 bits per heavy atom. The Morgan fingerprint density at radius 1 is 1.09 bits per heavy atom. The molecular weight excluding hydrogens is 276 g/mol. The lowest BCUT2D eigenvalue weighted by Gasteiger charge is -2.35. The molecule has 3 heterocycles. The molecule has 2 fully saturated rings. The Hall–Kier alpha value is -1.69. The van der Waals surface area contributed by atoms with Crippen LogP contribution in [0.25, 0.3) is 11.0 Å². The first-order valence-electron chi connectivity index (χ1n) is 8.36. The molecule has 4 rings (SSSR count). The van der Waals surface area contributed by atoms with Crippen molar-refractivity contribution < 1.29 is 0 Å². The van der Waals surface area contributed by atoms with Crippen LogP contribution in [-0.2, 0) is 7.05 Å². The number of fused-ring (bicyclic) bond motifs is 1. The number of rotatable bonds is 3. The van der Waals surface area contributed by atoms with Gasteiger partial charge in [0.25, 0.3) is 0 Å². The zero-order chi connectivity index (χ0) is 15.3. The highest BCUT2D eigenvalue weighted by Crippen LogP contribution is 2.40. The molecule has 118 valence electrons. The van der Waals surface area contributed by atoms with Gasteiger partial charge in [0.05, 0.1) is 5.69 Å². The standard InChI is InChI=1S/C16H24N6/c1-4-21-7-9-22(10-8-21)16-14-13(11(2)19-20(14)3)17-15(18-16)12-5-6-12/h12H,4-10H2,1-3H3. The van der Waals surface area contributed by atoms with Crippen LogP contribution in [0.1, 0.15) is 37.2 Å². The van der Waals surface area contributed by atoms with Crippen molar-refractivity contribution in [1.82, 2.24) is 24.6 Å². The maximum Gasteiger partial charge on any atom is 0.158 e.